The predicted octanol–water partition coefficient (Wildman–Crippen LogP) is 3.62. The van der Waals surface area contributed by atoms with Crippen molar-refractivity contribution in [2.24, 2.45) is 10.8 Å². The molecule has 0 N–H and O–H groups in total. The summed E-state index contributed by atoms with van der Waals surface area (Å²) in [6, 6.07) is 0. The van der Waals surface area contributed by atoms with Crippen molar-refractivity contribution < 1.29 is 0 Å². The molecule has 0 radical (unpaired) electrons. The molecule has 2 aliphatic rings. The van der Waals surface area contributed by atoms with Gasteiger partial charge in [0.15, 0.2) is 0 Å². The molecule has 0 aromatic heterocycles. The van der Waals surface area contributed by atoms with Crippen molar-refractivity contribution in [2.45, 2.75) is 66.3 Å². The Morgan fingerprint density at radius 1 is 0.947 bits per heavy atom. The fourth-order valence-corrected chi connectivity index (χ4v) is 3.66. The second kappa shape index (κ2) is 5.04. The molecule has 0 aromatic rings. The summed E-state index contributed by atoms with van der Waals surface area (Å²) in [6.07, 6.45) is 4.13. The second-order valence-electron chi connectivity index (χ2n) is 9.22. The Labute approximate surface area is 120 Å². The molecule has 0 amide bonds. The van der Waals surface area contributed by atoms with Crippen LogP contribution in [0.2, 0.25) is 0 Å². The van der Waals surface area contributed by atoms with E-state index in [0.717, 1.165) is 0 Å². The van der Waals surface area contributed by atoms with Gasteiger partial charge in [0.25, 0.3) is 0 Å². The average molecular weight is 266 g/mol. The minimum absolute atomic E-state index is 0.357. The predicted molar refractivity (Wildman–Crippen MR) is 83.5 cm³/mol. The van der Waals surface area contributed by atoms with E-state index in [0.29, 0.717) is 16.4 Å². The lowest BCUT2D eigenvalue weighted by Crippen LogP contribution is -2.58. The van der Waals surface area contributed by atoms with Gasteiger partial charge in [-0.2, -0.15) is 0 Å². The Morgan fingerprint density at radius 2 is 1.58 bits per heavy atom. The lowest BCUT2D eigenvalue weighted by molar-refractivity contribution is -0.00144. The van der Waals surface area contributed by atoms with E-state index >= 15 is 0 Å². The molecule has 1 spiro atoms. The van der Waals surface area contributed by atoms with Crippen molar-refractivity contribution in [3.63, 3.8) is 0 Å². The summed E-state index contributed by atoms with van der Waals surface area (Å²) in [5, 5.41) is 0. The molecule has 2 rings (SSSR count). The number of hydrogen-bond donors (Lipinski definition) is 0. The maximum atomic E-state index is 2.68. The van der Waals surface area contributed by atoms with Crippen molar-refractivity contribution in [3.8, 4) is 0 Å². The third-order valence-electron chi connectivity index (χ3n) is 4.91. The van der Waals surface area contributed by atoms with Crippen LogP contribution >= 0.6 is 0 Å². The van der Waals surface area contributed by atoms with Gasteiger partial charge in [-0.25, -0.2) is 0 Å². The summed E-state index contributed by atoms with van der Waals surface area (Å²) >= 11 is 0. The summed E-state index contributed by atoms with van der Waals surface area (Å²) in [6.45, 7) is 20.8. The third-order valence-corrected chi connectivity index (χ3v) is 4.91. The highest BCUT2D eigenvalue weighted by atomic mass is 15.3. The van der Waals surface area contributed by atoms with Gasteiger partial charge in [0.05, 0.1) is 0 Å². The molecule has 2 saturated heterocycles. The van der Waals surface area contributed by atoms with Crippen molar-refractivity contribution in [3.05, 3.63) is 0 Å². The van der Waals surface area contributed by atoms with Crippen LogP contribution in [-0.4, -0.2) is 48.1 Å². The van der Waals surface area contributed by atoms with E-state index in [1.807, 2.05) is 0 Å². The van der Waals surface area contributed by atoms with Crippen LogP contribution in [0.25, 0.3) is 0 Å². The SMILES string of the molecule is CC(C)(C)CCCN1CC2(CCN(C(C)(C)C)C2)C1. The number of likely N-dealkylation sites (tertiary alicyclic amines) is 2. The molecule has 0 bridgehead atoms. The molecule has 0 unspecified atom stereocenters. The molecule has 0 atom stereocenters. The molecule has 2 heterocycles. The average Bonchev–Trinajstić information content (AvgIpc) is 2.58. The van der Waals surface area contributed by atoms with Crippen LogP contribution in [0, 0.1) is 10.8 Å². The zero-order valence-electron chi connectivity index (χ0n) is 14.1. The van der Waals surface area contributed by atoms with Crippen LogP contribution in [-0.2, 0) is 0 Å². The Bertz CT molecular complexity index is 302. The number of rotatable bonds is 3. The molecule has 2 fully saturated rings. The molecular weight excluding hydrogens is 232 g/mol. The topological polar surface area (TPSA) is 6.48 Å². The summed E-state index contributed by atoms with van der Waals surface area (Å²) in [5.41, 5.74) is 1.50. The van der Waals surface area contributed by atoms with Gasteiger partial charge in [-0.1, -0.05) is 20.8 Å². The van der Waals surface area contributed by atoms with Gasteiger partial charge >= 0.3 is 0 Å². The molecule has 2 aliphatic heterocycles. The van der Waals surface area contributed by atoms with Gasteiger partial charge in [0, 0.05) is 30.6 Å². The Balaban J connectivity index is 1.69. The van der Waals surface area contributed by atoms with Crippen molar-refractivity contribution in [2.75, 3.05) is 32.7 Å². The normalized spacial score (nSPS) is 24.9. The minimum atomic E-state index is 0.357. The van der Waals surface area contributed by atoms with Crippen molar-refractivity contribution in [1.82, 2.24) is 9.80 Å². The summed E-state index contributed by atoms with van der Waals surface area (Å²) in [5.74, 6) is 0. The second-order valence-corrected chi connectivity index (χ2v) is 9.22. The van der Waals surface area contributed by atoms with Crippen molar-refractivity contribution in [1.29, 1.82) is 0 Å². The van der Waals surface area contributed by atoms with Crippen LogP contribution in [0.4, 0.5) is 0 Å². The first-order valence-corrected chi connectivity index (χ1v) is 8.07. The molecule has 0 saturated carbocycles. The van der Waals surface area contributed by atoms with Crippen LogP contribution in [0.3, 0.4) is 0 Å². The monoisotopic (exact) mass is 266 g/mol. The highest BCUT2D eigenvalue weighted by Gasteiger charge is 2.48. The van der Waals surface area contributed by atoms with Gasteiger partial charge in [0.2, 0.25) is 0 Å². The van der Waals surface area contributed by atoms with E-state index < -0.39 is 0 Å². The maximum absolute atomic E-state index is 2.68. The summed E-state index contributed by atoms with van der Waals surface area (Å²) < 4.78 is 0. The van der Waals surface area contributed by atoms with E-state index in [2.05, 4.69) is 51.3 Å². The molecule has 2 heteroatoms. The highest BCUT2D eigenvalue weighted by molar-refractivity contribution is 5.03. The van der Waals surface area contributed by atoms with E-state index in [9.17, 15) is 0 Å². The minimum Gasteiger partial charge on any atom is -0.302 e. The fourth-order valence-electron chi connectivity index (χ4n) is 3.66. The Kier molecular flexibility index (Phi) is 4.06. The summed E-state index contributed by atoms with van der Waals surface area (Å²) in [4.78, 5) is 5.36. The van der Waals surface area contributed by atoms with Crippen LogP contribution in [0.1, 0.15) is 60.8 Å². The van der Waals surface area contributed by atoms with Gasteiger partial charge in [-0.05, 0) is 58.5 Å². The zero-order valence-corrected chi connectivity index (χ0v) is 14.1. The van der Waals surface area contributed by atoms with E-state index in [1.165, 1.54) is 52.0 Å². The fraction of sp³-hybridized carbons (Fsp3) is 1.00. The standard InChI is InChI=1S/C17H34N2/c1-15(2,3)8-7-10-18-12-17(13-18)9-11-19(14-17)16(4,5)6/h7-14H2,1-6H3. The number of hydrogen-bond acceptors (Lipinski definition) is 2. The lowest BCUT2D eigenvalue weighted by Gasteiger charge is -2.49. The Morgan fingerprint density at radius 3 is 2.05 bits per heavy atom. The van der Waals surface area contributed by atoms with Gasteiger partial charge in [0.1, 0.15) is 0 Å². The molecule has 112 valence electrons. The zero-order chi connectivity index (χ0) is 14.3. The van der Waals surface area contributed by atoms with Crippen LogP contribution < -0.4 is 0 Å². The number of nitrogens with zero attached hydrogens (tertiary/aromatic N) is 2. The van der Waals surface area contributed by atoms with E-state index in [1.54, 1.807) is 0 Å². The van der Waals surface area contributed by atoms with Gasteiger partial charge in [-0.3, -0.25) is 4.90 Å². The first kappa shape index (κ1) is 15.3. The van der Waals surface area contributed by atoms with E-state index in [4.69, 9.17) is 0 Å². The quantitative estimate of drug-likeness (QED) is 0.770. The first-order valence-electron chi connectivity index (χ1n) is 8.07. The molecule has 0 aliphatic carbocycles. The van der Waals surface area contributed by atoms with Crippen LogP contribution in [0.5, 0.6) is 0 Å². The van der Waals surface area contributed by atoms with Crippen molar-refractivity contribution >= 4 is 0 Å². The smallest absolute Gasteiger partial charge is 0.0125 e. The first-order chi connectivity index (χ1) is 8.60. The van der Waals surface area contributed by atoms with Gasteiger partial charge in [-0.15, -0.1) is 0 Å². The van der Waals surface area contributed by atoms with E-state index in [-0.39, 0.29) is 0 Å². The maximum Gasteiger partial charge on any atom is 0.0125 e. The lowest BCUT2D eigenvalue weighted by atomic mass is 9.78. The molecular formula is C17H34N2. The van der Waals surface area contributed by atoms with Gasteiger partial charge < -0.3 is 4.90 Å². The van der Waals surface area contributed by atoms with Crippen LogP contribution in [0.15, 0.2) is 0 Å². The molecule has 19 heavy (non-hydrogen) atoms. The molecule has 2 nitrogen and oxygen atoms in total. The molecule has 0 aromatic carbocycles. The Hall–Kier alpha value is -0.0800. The highest BCUT2D eigenvalue weighted by Crippen LogP contribution is 2.41. The third kappa shape index (κ3) is 3.95. The summed E-state index contributed by atoms with van der Waals surface area (Å²) in [7, 11) is 0. The largest absolute Gasteiger partial charge is 0.302 e.